The average molecular weight is 570 g/mol. The zero-order chi connectivity index (χ0) is 29.2. The smallest absolute Gasteiger partial charge is 0.416 e. The molecular weight excluding hydrogens is 536 g/mol. The number of halogens is 6. The number of aryl methyl sites for hydroxylation is 1. The molecule has 2 aromatic carbocycles. The molecule has 2 fully saturated rings. The maximum Gasteiger partial charge on any atom is 0.416 e. The topological polar surface area (TPSA) is 49.8 Å². The first-order valence-corrected chi connectivity index (χ1v) is 13.6. The normalized spacial score (nSPS) is 25.1. The van der Waals surface area contributed by atoms with Gasteiger partial charge >= 0.3 is 18.3 Å². The fraction of sp³-hybridized carbons (Fsp3) is 0.567. The number of rotatable bonds is 7. The van der Waals surface area contributed by atoms with Crippen LogP contribution in [0.1, 0.15) is 85.7 Å². The summed E-state index contributed by atoms with van der Waals surface area (Å²) in [7, 11) is 1.64. The summed E-state index contributed by atoms with van der Waals surface area (Å²) < 4.78 is 87.6. The fourth-order valence-electron chi connectivity index (χ4n) is 6.56. The zero-order valence-electron chi connectivity index (χ0n) is 22.6. The van der Waals surface area contributed by atoms with E-state index in [0.717, 1.165) is 42.6 Å². The van der Waals surface area contributed by atoms with Crippen molar-refractivity contribution in [2.45, 2.75) is 88.3 Å². The molecule has 3 atom stereocenters. The van der Waals surface area contributed by atoms with Crippen molar-refractivity contribution in [3.63, 3.8) is 0 Å². The molecule has 40 heavy (non-hydrogen) atoms. The van der Waals surface area contributed by atoms with Gasteiger partial charge < -0.3 is 9.84 Å². The monoisotopic (exact) mass is 569 g/mol. The summed E-state index contributed by atoms with van der Waals surface area (Å²) in [6, 6.07) is 6.49. The lowest BCUT2D eigenvalue weighted by Crippen LogP contribution is -2.58. The molecule has 1 heterocycles. The van der Waals surface area contributed by atoms with Gasteiger partial charge in [0.25, 0.3) is 0 Å². The zero-order valence-corrected chi connectivity index (χ0v) is 22.6. The van der Waals surface area contributed by atoms with Crippen molar-refractivity contribution < 1.29 is 41.0 Å². The molecular formula is C30H33F6NO3. The Labute approximate surface area is 229 Å². The molecule has 1 aliphatic heterocycles. The van der Waals surface area contributed by atoms with Crippen LogP contribution in [0.4, 0.5) is 26.3 Å². The Morgan fingerprint density at radius 3 is 2.27 bits per heavy atom. The van der Waals surface area contributed by atoms with Crippen LogP contribution in [0.5, 0.6) is 5.75 Å². The van der Waals surface area contributed by atoms with Gasteiger partial charge in [0.1, 0.15) is 11.4 Å². The molecule has 4 nitrogen and oxygen atoms in total. The van der Waals surface area contributed by atoms with E-state index >= 15 is 0 Å². The van der Waals surface area contributed by atoms with Crippen LogP contribution in [0.25, 0.3) is 0 Å². The standard InChI is InChI=1S/C30H33F6NO3/c1-16(27(38)39)26(19-5-6-19)20-7-4-18-10-11-28(40-25(18)12-20)14-22(15-28)37(3)17(2)23-13-21(29(31,32)33)8-9-24(23)30(34,35)36/h4,7-9,12-13,16-17,19,22,26H,5-6,10-11,14-15H2,1-3H3,(H,38,39)/t16-,17+,22?,26?,28?/m0/s1. The Hall–Kier alpha value is -2.75. The van der Waals surface area contributed by atoms with Crippen molar-refractivity contribution in [2.75, 3.05) is 7.05 Å². The van der Waals surface area contributed by atoms with Crippen molar-refractivity contribution in [3.05, 3.63) is 64.2 Å². The summed E-state index contributed by atoms with van der Waals surface area (Å²) in [6.07, 6.45) is -4.97. The highest BCUT2D eigenvalue weighted by Gasteiger charge is 2.51. The quantitative estimate of drug-likeness (QED) is 0.345. The van der Waals surface area contributed by atoms with E-state index in [2.05, 4.69) is 0 Å². The molecule has 0 aromatic heterocycles. The molecule has 10 heteroatoms. The largest absolute Gasteiger partial charge is 0.487 e. The van der Waals surface area contributed by atoms with E-state index in [1.54, 1.807) is 18.9 Å². The van der Waals surface area contributed by atoms with E-state index in [-0.39, 0.29) is 12.0 Å². The number of nitrogens with zero attached hydrogens (tertiary/aromatic N) is 1. The maximum absolute atomic E-state index is 13.7. The first-order chi connectivity index (χ1) is 18.6. The fourth-order valence-corrected chi connectivity index (χ4v) is 6.56. The highest BCUT2D eigenvalue weighted by molar-refractivity contribution is 5.71. The van der Waals surface area contributed by atoms with Gasteiger partial charge in [-0.15, -0.1) is 0 Å². The van der Waals surface area contributed by atoms with Gasteiger partial charge in [-0.2, -0.15) is 26.3 Å². The van der Waals surface area contributed by atoms with Crippen LogP contribution in [-0.4, -0.2) is 34.7 Å². The van der Waals surface area contributed by atoms with Crippen LogP contribution >= 0.6 is 0 Å². The minimum Gasteiger partial charge on any atom is -0.487 e. The number of alkyl halides is 6. The summed E-state index contributed by atoms with van der Waals surface area (Å²) in [5.41, 5.74) is -1.09. The third-order valence-corrected chi connectivity index (χ3v) is 9.25. The average Bonchev–Trinajstić information content (AvgIpc) is 3.69. The van der Waals surface area contributed by atoms with Crippen molar-refractivity contribution in [3.8, 4) is 5.75 Å². The molecule has 0 saturated heterocycles. The Kier molecular flexibility index (Phi) is 7.16. The van der Waals surface area contributed by atoms with Crippen LogP contribution in [0, 0.1) is 11.8 Å². The second kappa shape index (κ2) is 9.96. The van der Waals surface area contributed by atoms with E-state index in [4.69, 9.17) is 4.74 Å². The van der Waals surface area contributed by atoms with E-state index in [9.17, 15) is 36.2 Å². The predicted molar refractivity (Wildman–Crippen MR) is 136 cm³/mol. The van der Waals surface area contributed by atoms with Gasteiger partial charge in [-0.3, -0.25) is 9.69 Å². The maximum atomic E-state index is 13.7. The molecule has 5 rings (SSSR count). The van der Waals surface area contributed by atoms with Crippen LogP contribution in [0.3, 0.4) is 0 Å². The number of hydrogen-bond donors (Lipinski definition) is 1. The second-order valence-electron chi connectivity index (χ2n) is 11.8. The summed E-state index contributed by atoms with van der Waals surface area (Å²) in [6.45, 7) is 3.23. The molecule has 1 unspecified atom stereocenters. The van der Waals surface area contributed by atoms with Gasteiger partial charge in [-0.25, -0.2) is 0 Å². The van der Waals surface area contributed by atoms with E-state index in [0.29, 0.717) is 37.0 Å². The molecule has 1 N–H and O–H groups in total. The van der Waals surface area contributed by atoms with Gasteiger partial charge in [0.05, 0.1) is 17.0 Å². The van der Waals surface area contributed by atoms with Crippen LogP contribution in [-0.2, 0) is 23.6 Å². The Morgan fingerprint density at radius 2 is 1.70 bits per heavy atom. The SMILES string of the molecule is C[C@H](C(=O)O)C(c1ccc2c(c1)OC1(CC2)CC(N(C)[C@H](C)c2cc(C(F)(F)F)ccc2C(F)(F)F)C1)C1CC1. The molecule has 2 aromatic rings. The summed E-state index contributed by atoms with van der Waals surface area (Å²) >= 11 is 0. The number of carboxylic acid groups (broad SMARTS) is 1. The van der Waals surface area contributed by atoms with E-state index < -0.39 is 52.6 Å². The van der Waals surface area contributed by atoms with Gasteiger partial charge in [-0.05, 0) is 92.4 Å². The number of carbonyl (C=O) groups is 1. The first kappa shape index (κ1) is 28.8. The Bertz CT molecular complexity index is 1280. The van der Waals surface area contributed by atoms with Crippen LogP contribution in [0.2, 0.25) is 0 Å². The number of hydrogen-bond acceptors (Lipinski definition) is 3. The summed E-state index contributed by atoms with van der Waals surface area (Å²) in [5, 5.41) is 9.63. The van der Waals surface area contributed by atoms with Gasteiger partial charge in [0.15, 0.2) is 0 Å². The number of benzene rings is 2. The van der Waals surface area contributed by atoms with Gasteiger partial charge in [-0.1, -0.05) is 19.1 Å². The Balaban J connectivity index is 1.32. The summed E-state index contributed by atoms with van der Waals surface area (Å²) in [4.78, 5) is 13.5. The van der Waals surface area contributed by atoms with E-state index in [1.165, 1.54) is 6.92 Å². The van der Waals surface area contributed by atoms with Gasteiger partial charge in [0, 0.05) is 24.9 Å². The highest BCUT2D eigenvalue weighted by Crippen LogP contribution is 2.51. The van der Waals surface area contributed by atoms with Crippen LogP contribution in [0.15, 0.2) is 36.4 Å². The lowest BCUT2D eigenvalue weighted by atomic mass is 9.69. The lowest BCUT2D eigenvalue weighted by molar-refractivity contribution is -0.142. The van der Waals surface area contributed by atoms with E-state index in [1.807, 2.05) is 18.2 Å². The molecule has 0 amide bonds. The molecule has 2 saturated carbocycles. The molecule has 218 valence electrons. The number of carboxylic acids is 1. The minimum absolute atomic E-state index is 0.0966. The predicted octanol–water partition coefficient (Wildman–Crippen LogP) is 7.86. The first-order valence-electron chi connectivity index (χ1n) is 13.6. The van der Waals surface area contributed by atoms with Gasteiger partial charge in [0.2, 0.25) is 0 Å². The summed E-state index contributed by atoms with van der Waals surface area (Å²) in [5.74, 6) is -0.398. The lowest BCUT2D eigenvalue weighted by Gasteiger charge is -2.53. The van der Waals surface area contributed by atoms with Crippen molar-refractivity contribution in [1.82, 2.24) is 4.90 Å². The number of aliphatic carboxylic acids is 1. The number of ether oxygens (including phenoxy) is 1. The Morgan fingerprint density at radius 1 is 1.02 bits per heavy atom. The second-order valence-corrected chi connectivity index (χ2v) is 11.8. The molecule has 2 aliphatic carbocycles. The highest BCUT2D eigenvalue weighted by atomic mass is 19.4. The number of fused-ring (bicyclic) bond motifs is 1. The van der Waals surface area contributed by atoms with Crippen molar-refractivity contribution >= 4 is 5.97 Å². The molecule has 3 aliphatic rings. The molecule has 0 bridgehead atoms. The third-order valence-electron chi connectivity index (χ3n) is 9.25. The minimum atomic E-state index is -4.78. The molecule has 0 radical (unpaired) electrons. The van der Waals surface area contributed by atoms with Crippen molar-refractivity contribution in [1.29, 1.82) is 0 Å². The molecule has 1 spiro atoms. The third kappa shape index (κ3) is 5.43. The van der Waals surface area contributed by atoms with Crippen LogP contribution < -0.4 is 4.74 Å². The van der Waals surface area contributed by atoms with Crippen molar-refractivity contribution in [2.24, 2.45) is 11.8 Å².